The lowest BCUT2D eigenvalue weighted by molar-refractivity contribution is -0.384. The van der Waals surface area contributed by atoms with Gasteiger partial charge in [-0.3, -0.25) is 14.9 Å². The van der Waals surface area contributed by atoms with E-state index in [0.717, 1.165) is 12.1 Å². The molecule has 0 heterocycles. The third-order valence-corrected chi connectivity index (χ3v) is 2.39. The Hall–Kier alpha value is -2.15. The maximum Gasteiger partial charge on any atom is 0.340 e. The summed E-state index contributed by atoms with van der Waals surface area (Å²) < 4.78 is 4.69. The lowest BCUT2D eigenvalue weighted by atomic mass is 10.2. The molecule has 2 N–H and O–H groups in total. The molecule has 1 amide bonds. The zero-order valence-corrected chi connectivity index (χ0v) is 10.0. The van der Waals surface area contributed by atoms with E-state index in [1.807, 2.05) is 0 Å². The van der Waals surface area contributed by atoms with Gasteiger partial charge in [-0.05, 0) is 13.0 Å². The van der Waals surface area contributed by atoms with Crippen LogP contribution in [-0.2, 0) is 9.53 Å². The van der Waals surface area contributed by atoms with Gasteiger partial charge in [0, 0.05) is 12.1 Å². The molecule has 1 aromatic rings. The van der Waals surface area contributed by atoms with Crippen LogP contribution in [0.15, 0.2) is 18.2 Å². The first-order valence-electron chi connectivity index (χ1n) is 4.77. The molecule has 7 nitrogen and oxygen atoms in total. The molecule has 0 fully saturated rings. The van der Waals surface area contributed by atoms with E-state index in [4.69, 9.17) is 22.1 Å². The number of ether oxygens (including phenoxy) is 1. The molecular formula is C10H9ClN2O5. The Morgan fingerprint density at radius 1 is 1.50 bits per heavy atom. The molecule has 0 spiro atoms. The number of esters is 1. The Morgan fingerprint density at radius 3 is 2.61 bits per heavy atom. The van der Waals surface area contributed by atoms with Crippen molar-refractivity contribution in [2.45, 2.75) is 13.0 Å². The number of nitro groups is 1. The zero-order chi connectivity index (χ0) is 13.9. The standard InChI is InChI=1S/C10H9ClN2O5/c1-5(9(12)14)18-10(15)7-4-6(13(16)17)2-3-8(7)11/h2-5H,1H3,(H2,12,14)/t5-/m0/s1. The van der Waals surface area contributed by atoms with Gasteiger partial charge in [0.1, 0.15) is 0 Å². The van der Waals surface area contributed by atoms with Gasteiger partial charge in [0.15, 0.2) is 6.10 Å². The molecule has 1 rings (SSSR count). The fourth-order valence-electron chi connectivity index (χ4n) is 1.07. The van der Waals surface area contributed by atoms with Gasteiger partial charge in [0.2, 0.25) is 0 Å². The molecule has 0 bridgehead atoms. The Labute approximate surface area is 107 Å². The molecular weight excluding hydrogens is 264 g/mol. The van der Waals surface area contributed by atoms with Crippen molar-refractivity contribution in [3.8, 4) is 0 Å². The highest BCUT2D eigenvalue weighted by atomic mass is 35.5. The van der Waals surface area contributed by atoms with Crippen molar-refractivity contribution in [3.05, 3.63) is 38.9 Å². The summed E-state index contributed by atoms with van der Waals surface area (Å²) in [5.74, 6) is -1.78. The molecule has 1 atom stereocenters. The summed E-state index contributed by atoms with van der Waals surface area (Å²) in [5, 5.41) is 10.5. The van der Waals surface area contributed by atoms with E-state index in [9.17, 15) is 19.7 Å². The van der Waals surface area contributed by atoms with Crippen LogP contribution in [0.4, 0.5) is 5.69 Å². The van der Waals surface area contributed by atoms with Gasteiger partial charge in [-0.25, -0.2) is 4.79 Å². The third-order valence-electron chi connectivity index (χ3n) is 2.07. The second-order valence-corrected chi connectivity index (χ2v) is 3.78. The Morgan fingerprint density at radius 2 is 2.11 bits per heavy atom. The summed E-state index contributed by atoms with van der Waals surface area (Å²) in [4.78, 5) is 32.2. The van der Waals surface area contributed by atoms with E-state index >= 15 is 0 Å². The number of nitro benzene ring substituents is 1. The second kappa shape index (κ2) is 5.46. The summed E-state index contributed by atoms with van der Waals surface area (Å²) in [6, 6.07) is 3.32. The highest BCUT2D eigenvalue weighted by molar-refractivity contribution is 6.33. The van der Waals surface area contributed by atoms with Crippen LogP contribution < -0.4 is 5.73 Å². The number of nitrogens with zero attached hydrogens (tertiary/aromatic N) is 1. The number of non-ortho nitro benzene ring substituents is 1. The third kappa shape index (κ3) is 3.17. The Kier molecular flexibility index (Phi) is 4.22. The fraction of sp³-hybridized carbons (Fsp3) is 0.200. The molecule has 0 aromatic heterocycles. The van der Waals surface area contributed by atoms with Gasteiger partial charge >= 0.3 is 5.97 Å². The lowest BCUT2D eigenvalue weighted by Gasteiger charge is -2.10. The molecule has 0 unspecified atom stereocenters. The van der Waals surface area contributed by atoms with Gasteiger partial charge in [0.25, 0.3) is 11.6 Å². The lowest BCUT2D eigenvalue weighted by Crippen LogP contribution is -2.30. The topological polar surface area (TPSA) is 113 Å². The van der Waals surface area contributed by atoms with E-state index < -0.39 is 22.9 Å². The number of halogens is 1. The van der Waals surface area contributed by atoms with Crippen molar-refractivity contribution in [1.29, 1.82) is 0 Å². The number of primary amides is 1. The minimum absolute atomic E-state index is 0.0118. The highest BCUT2D eigenvalue weighted by Gasteiger charge is 2.21. The monoisotopic (exact) mass is 272 g/mol. The highest BCUT2D eigenvalue weighted by Crippen LogP contribution is 2.23. The smallest absolute Gasteiger partial charge is 0.340 e. The fourth-order valence-corrected chi connectivity index (χ4v) is 1.26. The van der Waals surface area contributed by atoms with Gasteiger partial charge in [-0.15, -0.1) is 0 Å². The molecule has 96 valence electrons. The Balaban J connectivity index is 3.01. The summed E-state index contributed by atoms with van der Waals surface area (Å²) >= 11 is 5.72. The van der Waals surface area contributed by atoms with E-state index in [2.05, 4.69) is 0 Å². The molecule has 0 saturated heterocycles. The van der Waals surface area contributed by atoms with Crippen LogP contribution in [-0.4, -0.2) is 22.9 Å². The summed E-state index contributed by atoms with van der Waals surface area (Å²) in [5.41, 5.74) is 4.42. The van der Waals surface area contributed by atoms with Crippen LogP contribution in [0.5, 0.6) is 0 Å². The molecule has 0 radical (unpaired) electrons. The number of hydrogen-bond donors (Lipinski definition) is 1. The van der Waals surface area contributed by atoms with Crippen molar-refractivity contribution in [2.75, 3.05) is 0 Å². The number of carbonyl (C=O) groups excluding carboxylic acids is 2. The van der Waals surface area contributed by atoms with Gasteiger partial charge in [-0.2, -0.15) is 0 Å². The molecule has 18 heavy (non-hydrogen) atoms. The first kappa shape index (κ1) is 13.9. The maximum absolute atomic E-state index is 11.6. The van der Waals surface area contributed by atoms with Crippen LogP contribution in [0.3, 0.4) is 0 Å². The SMILES string of the molecule is C[C@H](OC(=O)c1cc([N+](=O)[O-])ccc1Cl)C(N)=O. The second-order valence-electron chi connectivity index (χ2n) is 3.37. The quantitative estimate of drug-likeness (QED) is 0.504. The predicted molar refractivity (Wildman–Crippen MR) is 62.2 cm³/mol. The van der Waals surface area contributed by atoms with Crippen molar-refractivity contribution in [2.24, 2.45) is 5.73 Å². The van der Waals surface area contributed by atoms with Gasteiger partial charge < -0.3 is 10.5 Å². The predicted octanol–water partition coefficient (Wildman–Crippen LogP) is 1.28. The summed E-state index contributed by atoms with van der Waals surface area (Å²) in [6.45, 7) is 1.28. The average molecular weight is 273 g/mol. The molecule has 1 aromatic carbocycles. The van der Waals surface area contributed by atoms with E-state index in [1.54, 1.807) is 0 Å². The first-order chi connectivity index (χ1) is 8.32. The molecule has 0 aliphatic carbocycles. The normalized spacial score (nSPS) is 11.7. The molecule has 0 aliphatic rings. The van der Waals surface area contributed by atoms with Crippen molar-refractivity contribution in [1.82, 2.24) is 0 Å². The van der Waals surface area contributed by atoms with E-state index in [-0.39, 0.29) is 16.3 Å². The van der Waals surface area contributed by atoms with Crippen LogP contribution in [0.1, 0.15) is 17.3 Å². The Bertz CT molecular complexity index is 517. The van der Waals surface area contributed by atoms with Gasteiger partial charge in [-0.1, -0.05) is 11.6 Å². The number of hydrogen-bond acceptors (Lipinski definition) is 5. The van der Waals surface area contributed by atoms with Crippen LogP contribution in [0.25, 0.3) is 0 Å². The first-order valence-corrected chi connectivity index (χ1v) is 5.15. The van der Waals surface area contributed by atoms with Crippen LogP contribution in [0.2, 0.25) is 5.02 Å². The number of carbonyl (C=O) groups is 2. The van der Waals surface area contributed by atoms with Crippen LogP contribution in [0, 0.1) is 10.1 Å². The number of rotatable bonds is 4. The largest absolute Gasteiger partial charge is 0.449 e. The summed E-state index contributed by atoms with van der Waals surface area (Å²) in [7, 11) is 0. The maximum atomic E-state index is 11.6. The van der Waals surface area contributed by atoms with Gasteiger partial charge in [0.05, 0.1) is 15.5 Å². The van der Waals surface area contributed by atoms with Crippen molar-refractivity contribution >= 4 is 29.2 Å². The molecule has 0 saturated carbocycles. The minimum atomic E-state index is -1.15. The summed E-state index contributed by atoms with van der Waals surface area (Å²) in [6.07, 6.45) is -1.15. The minimum Gasteiger partial charge on any atom is -0.449 e. The van der Waals surface area contributed by atoms with Crippen molar-refractivity contribution < 1.29 is 19.2 Å². The molecule has 0 aliphatic heterocycles. The number of amides is 1. The molecule has 8 heteroatoms. The zero-order valence-electron chi connectivity index (χ0n) is 9.25. The van der Waals surface area contributed by atoms with E-state index in [0.29, 0.717) is 0 Å². The van der Waals surface area contributed by atoms with E-state index in [1.165, 1.54) is 13.0 Å². The average Bonchev–Trinajstić information content (AvgIpc) is 2.28. The number of nitrogens with two attached hydrogens (primary N) is 1. The number of benzene rings is 1. The van der Waals surface area contributed by atoms with Crippen LogP contribution >= 0.6 is 11.6 Å². The van der Waals surface area contributed by atoms with Crippen molar-refractivity contribution in [3.63, 3.8) is 0 Å².